The molecule has 0 spiro atoms. The first kappa shape index (κ1) is 16.8. The largest absolute Gasteiger partial charge is 0.378 e. The summed E-state index contributed by atoms with van der Waals surface area (Å²) in [6.45, 7) is 5.21. The average molecular weight is 304 g/mol. The van der Waals surface area contributed by atoms with Crippen LogP contribution in [0.4, 0.5) is 5.69 Å². The Bertz CT molecular complexity index is 464. The minimum Gasteiger partial charge on any atom is -0.378 e. The molecule has 1 saturated heterocycles. The Morgan fingerprint density at radius 3 is 2.41 bits per heavy atom. The van der Waals surface area contributed by atoms with Crippen LogP contribution in [0.5, 0.6) is 0 Å². The van der Waals surface area contributed by atoms with Crippen LogP contribution in [0.15, 0.2) is 24.3 Å². The van der Waals surface area contributed by atoms with E-state index in [-0.39, 0.29) is 5.91 Å². The van der Waals surface area contributed by atoms with E-state index in [0.29, 0.717) is 12.5 Å². The fraction of sp³-hybridized carbons (Fsp3) is 0.611. The van der Waals surface area contributed by atoms with Gasteiger partial charge in [-0.05, 0) is 18.6 Å². The van der Waals surface area contributed by atoms with Gasteiger partial charge >= 0.3 is 0 Å². The SMILES string of the molecule is CCCC(=O)NC[C@@H](c1ccc(N(C)C)cc1)[NH+]1CCCC1. The van der Waals surface area contributed by atoms with Crippen LogP contribution in [-0.2, 0) is 4.79 Å². The third-order valence-electron chi connectivity index (χ3n) is 4.53. The number of carbonyl (C=O) groups excluding carboxylic acids is 1. The van der Waals surface area contributed by atoms with Gasteiger partial charge in [0.05, 0.1) is 19.6 Å². The number of likely N-dealkylation sites (tertiary alicyclic amines) is 1. The standard InChI is InChI=1S/C18H29N3O/c1-4-7-18(22)19-14-17(21-12-5-6-13-21)15-8-10-16(11-9-15)20(2)3/h8-11,17H,4-7,12-14H2,1-3H3,(H,19,22)/p+1/t17-/m0/s1. The summed E-state index contributed by atoms with van der Waals surface area (Å²) >= 11 is 0. The maximum Gasteiger partial charge on any atom is 0.220 e. The summed E-state index contributed by atoms with van der Waals surface area (Å²) < 4.78 is 0. The van der Waals surface area contributed by atoms with Crippen molar-refractivity contribution >= 4 is 11.6 Å². The van der Waals surface area contributed by atoms with Gasteiger partial charge in [-0.1, -0.05) is 19.1 Å². The number of anilines is 1. The quantitative estimate of drug-likeness (QED) is 0.799. The van der Waals surface area contributed by atoms with Gasteiger partial charge in [-0.3, -0.25) is 4.79 Å². The molecule has 1 heterocycles. The summed E-state index contributed by atoms with van der Waals surface area (Å²) in [6.07, 6.45) is 4.13. The van der Waals surface area contributed by atoms with Gasteiger partial charge in [0, 0.05) is 44.6 Å². The van der Waals surface area contributed by atoms with E-state index in [1.165, 1.54) is 37.2 Å². The first-order chi connectivity index (χ1) is 10.6. The smallest absolute Gasteiger partial charge is 0.220 e. The highest BCUT2D eigenvalue weighted by Crippen LogP contribution is 2.17. The van der Waals surface area contributed by atoms with Gasteiger partial charge in [-0.15, -0.1) is 0 Å². The lowest BCUT2D eigenvalue weighted by Gasteiger charge is -2.26. The molecule has 0 bridgehead atoms. The van der Waals surface area contributed by atoms with Crippen LogP contribution in [0.25, 0.3) is 0 Å². The second-order valence-electron chi connectivity index (χ2n) is 6.46. The highest BCUT2D eigenvalue weighted by molar-refractivity contribution is 5.75. The zero-order chi connectivity index (χ0) is 15.9. The lowest BCUT2D eigenvalue weighted by Crippen LogP contribution is -3.11. The van der Waals surface area contributed by atoms with Crippen molar-refractivity contribution in [1.82, 2.24) is 5.32 Å². The summed E-state index contributed by atoms with van der Waals surface area (Å²) in [5.74, 6) is 0.177. The fourth-order valence-electron chi connectivity index (χ4n) is 3.21. The summed E-state index contributed by atoms with van der Waals surface area (Å²) in [7, 11) is 4.12. The molecule has 0 aromatic heterocycles. The number of benzene rings is 1. The minimum absolute atomic E-state index is 0.177. The van der Waals surface area contributed by atoms with Crippen molar-refractivity contribution in [2.24, 2.45) is 0 Å². The number of rotatable bonds is 7. The highest BCUT2D eigenvalue weighted by atomic mass is 16.1. The molecule has 0 unspecified atom stereocenters. The molecule has 1 fully saturated rings. The Morgan fingerprint density at radius 2 is 1.86 bits per heavy atom. The maximum atomic E-state index is 11.8. The normalized spacial score (nSPS) is 16.5. The van der Waals surface area contributed by atoms with Crippen molar-refractivity contribution in [3.8, 4) is 0 Å². The van der Waals surface area contributed by atoms with E-state index in [1.807, 2.05) is 6.92 Å². The van der Waals surface area contributed by atoms with Gasteiger partial charge in [0.15, 0.2) is 0 Å². The molecule has 2 N–H and O–H groups in total. The second kappa shape index (κ2) is 8.18. The molecule has 4 nitrogen and oxygen atoms in total. The molecule has 0 radical (unpaired) electrons. The summed E-state index contributed by atoms with van der Waals surface area (Å²) in [5, 5.41) is 3.13. The molecule has 2 rings (SSSR count). The molecule has 1 aromatic carbocycles. The predicted molar refractivity (Wildman–Crippen MR) is 91.4 cm³/mol. The van der Waals surface area contributed by atoms with Gasteiger partial charge in [0.2, 0.25) is 5.91 Å². The van der Waals surface area contributed by atoms with Crippen LogP contribution < -0.4 is 15.1 Å². The zero-order valence-corrected chi connectivity index (χ0v) is 14.2. The van der Waals surface area contributed by atoms with Crippen molar-refractivity contribution < 1.29 is 9.69 Å². The molecule has 1 aromatic rings. The van der Waals surface area contributed by atoms with Gasteiger partial charge in [-0.2, -0.15) is 0 Å². The van der Waals surface area contributed by atoms with Gasteiger partial charge in [-0.25, -0.2) is 0 Å². The van der Waals surface area contributed by atoms with Crippen LogP contribution >= 0.6 is 0 Å². The van der Waals surface area contributed by atoms with Gasteiger partial charge in [0.25, 0.3) is 0 Å². The number of hydrogen-bond donors (Lipinski definition) is 2. The van der Waals surface area contributed by atoms with Crippen LogP contribution in [0.2, 0.25) is 0 Å². The highest BCUT2D eigenvalue weighted by Gasteiger charge is 2.27. The Morgan fingerprint density at radius 1 is 1.23 bits per heavy atom. The molecule has 1 atom stereocenters. The third kappa shape index (κ3) is 4.47. The number of nitrogens with zero attached hydrogens (tertiary/aromatic N) is 1. The molecular weight excluding hydrogens is 274 g/mol. The Kier molecular flexibility index (Phi) is 6.25. The predicted octanol–water partition coefficient (Wildman–Crippen LogP) is 1.39. The Labute approximate surface area is 134 Å². The topological polar surface area (TPSA) is 36.8 Å². The number of carbonyl (C=O) groups is 1. The van der Waals surface area contributed by atoms with Crippen LogP contribution in [0.3, 0.4) is 0 Å². The van der Waals surface area contributed by atoms with E-state index >= 15 is 0 Å². The zero-order valence-electron chi connectivity index (χ0n) is 14.2. The van der Waals surface area contributed by atoms with E-state index in [2.05, 4.69) is 48.6 Å². The summed E-state index contributed by atoms with van der Waals surface area (Å²) in [5.41, 5.74) is 2.55. The van der Waals surface area contributed by atoms with Crippen molar-refractivity contribution in [2.45, 2.75) is 38.6 Å². The lowest BCUT2D eigenvalue weighted by molar-refractivity contribution is -0.918. The van der Waals surface area contributed by atoms with E-state index in [4.69, 9.17) is 0 Å². The van der Waals surface area contributed by atoms with Gasteiger partial charge in [0.1, 0.15) is 6.04 Å². The van der Waals surface area contributed by atoms with E-state index in [9.17, 15) is 4.79 Å². The first-order valence-electron chi connectivity index (χ1n) is 8.50. The number of amides is 1. The number of hydrogen-bond acceptors (Lipinski definition) is 2. The monoisotopic (exact) mass is 304 g/mol. The van der Waals surface area contributed by atoms with Crippen molar-refractivity contribution in [2.75, 3.05) is 38.6 Å². The molecule has 0 saturated carbocycles. The molecule has 22 heavy (non-hydrogen) atoms. The Hall–Kier alpha value is -1.55. The van der Waals surface area contributed by atoms with Crippen molar-refractivity contribution in [3.05, 3.63) is 29.8 Å². The third-order valence-corrected chi connectivity index (χ3v) is 4.53. The fourth-order valence-corrected chi connectivity index (χ4v) is 3.21. The average Bonchev–Trinajstić information content (AvgIpc) is 3.02. The van der Waals surface area contributed by atoms with Crippen LogP contribution in [0.1, 0.15) is 44.2 Å². The van der Waals surface area contributed by atoms with E-state index < -0.39 is 0 Å². The van der Waals surface area contributed by atoms with Crippen molar-refractivity contribution in [1.29, 1.82) is 0 Å². The Balaban J connectivity index is 2.07. The summed E-state index contributed by atoms with van der Waals surface area (Å²) in [6, 6.07) is 9.16. The molecule has 0 aliphatic carbocycles. The van der Waals surface area contributed by atoms with E-state index in [0.717, 1.165) is 13.0 Å². The van der Waals surface area contributed by atoms with Crippen LogP contribution in [0, 0.1) is 0 Å². The maximum absolute atomic E-state index is 11.8. The van der Waals surface area contributed by atoms with Crippen LogP contribution in [-0.4, -0.2) is 39.6 Å². The van der Waals surface area contributed by atoms with Gasteiger partial charge < -0.3 is 15.1 Å². The molecule has 1 amide bonds. The molecular formula is C18H30N3O+. The molecule has 4 heteroatoms. The second-order valence-corrected chi connectivity index (χ2v) is 6.46. The molecule has 1 aliphatic rings. The number of nitrogens with one attached hydrogen (secondary N) is 2. The summed E-state index contributed by atoms with van der Waals surface area (Å²) in [4.78, 5) is 15.5. The number of quaternary nitrogens is 1. The first-order valence-corrected chi connectivity index (χ1v) is 8.50. The molecule has 122 valence electrons. The lowest BCUT2D eigenvalue weighted by atomic mass is 10.0. The van der Waals surface area contributed by atoms with Crippen molar-refractivity contribution in [3.63, 3.8) is 0 Å². The molecule has 1 aliphatic heterocycles. The minimum atomic E-state index is 0.177. The van der Waals surface area contributed by atoms with E-state index in [1.54, 1.807) is 4.90 Å².